The van der Waals surface area contributed by atoms with E-state index in [4.69, 9.17) is 0 Å². The van der Waals surface area contributed by atoms with Crippen LogP contribution in [0.4, 0.5) is 0 Å². The highest BCUT2D eigenvalue weighted by molar-refractivity contribution is 7.99. The molecule has 4 heteroatoms. The van der Waals surface area contributed by atoms with Crippen LogP contribution in [0.2, 0.25) is 0 Å². The van der Waals surface area contributed by atoms with Crippen LogP contribution in [0.15, 0.2) is 46.5 Å². The van der Waals surface area contributed by atoms with Gasteiger partial charge in [0.2, 0.25) is 0 Å². The van der Waals surface area contributed by atoms with Crippen molar-refractivity contribution in [2.45, 2.75) is 43.7 Å². The minimum atomic E-state index is -0.0779. The number of aryl methyl sites for hydroxylation is 2. The second-order valence-electron chi connectivity index (χ2n) is 5.36. The Kier molecular flexibility index (Phi) is 5.02. The van der Waals surface area contributed by atoms with Crippen LogP contribution in [0.1, 0.15) is 35.3 Å². The number of carbonyl (C=O) groups is 1. The van der Waals surface area contributed by atoms with Gasteiger partial charge in [0.15, 0.2) is 0 Å². The summed E-state index contributed by atoms with van der Waals surface area (Å²) in [6.45, 7) is 8.03. The van der Waals surface area contributed by atoms with E-state index in [1.165, 1.54) is 22.9 Å². The summed E-state index contributed by atoms with van der Waals surface area (Å²) < 4.78 is 0. The number of benzene rings is 1. The van der Waals surface area contributed by atoms with E-state index >= 15 is 0 Å². The van der Waals surface area contributed by atoms with Gasteiger partial charge in [-0.25, -0.2) is 4.98 Å². The molecule has 0 aliphatic heterocycles. The molecule has 0 saturated heterocycles. The molecule has 0 bridgehead atoms. The predicted octanol–water partition coefficient (Wildman–Crippen LogP) is 3.99. The topological polar surface area (TPSA) is 42.0 Å². The normalized spacial score (nSPS) is 10.7. The van der Waals surface area contributed by atoms with E-state index in [9.17, 15) is 4.79 Å². The first kappa shape index (κ1) is 15.6. The predicted molar refractivity (Wildman–Crippen MR) is 86.9 cm³/mol. The summed E-state index contributed by atoms with van der Waals surface area (Å²) in [4.78, 5) is 17.8. The zero-order valence-electron chi connectivity index (χ0n) is 12.8. The molecule has 0 aliphatic rings. The average molecular weight is 300 g/mol. The van der Waals surface area contributed by atoms with Crippen LogP contribution in [0.25, 0.3) is 0 Å². The van der Waals surface area contributed by atoms with E-state index in [0.29, 0.717) is 5.56 Å². The van der Waals surface area contributed by atoms with Crippen LogP contribution < -0.4 is 5.32 Å². The molecule has 0 atom stereocenters. The van der Waals surface area contributed by atoms with Crippen LogP contribution in [-0.4, -0.2) is 16.9 Å². The Bertz CT molecular complexity index is 653. The van der Waals surface area contributed by atoms with Crippen LogP contribution >= 0.6 is 11.8 Å². The number of rotatable bonds is 4. The summed E-state index contributed by atoms with van der Waals surface area (Å²) in [6, 6.07) is 10.0. The maximum Gasteiger partial charge on any atom is 0.254 e. The van der Waals surface area contributed by atoms with E-state index in [0.717, 1.165) is 9.92 Å². The molecule has 2 aromatic rings. The van der Waals surface area contributed by atoms with E-state index in [1.54, 1.807) is 12.3 Å². The van der Waals surface area contributed by atoms with Gasteiger partial charge in [0.05, 0.1) is 5.56 Å². The Balaban J connectivity index is 2.32. The van der Waals surface area contributed by atoms with Gasteiger partial charge in [-0.1, -0.05) is 23.9 Å². The van der Waals surface area contributed by atoms with E-state index in [2.05, 4.69) is 42.3 Å². The molecule has 0 saturated carbocycles. The van der Waals surface area contributed by atoms with Gasteiger partial charge >= 0.3 is 0 Å². The highest BCUT2D eigenvalue weighted by Crippen LogP contribution is 2.31. The molecule has 0 spiro atoms. The minimum absolute atomic E-state index is 0.0779. The highest BCUT2D eigenvalue weighted by atomic mass is 32.2. The Labute approximate surface area is 130 Å². The van der Waals surface area contributed by atoms with Crippen LogP contribution in [0.5, 0.6) is 0 Å². The SMILES string of the molecule is Cc1ccc(C)c(Sc2ncccc2C(=O)NC(C)C)c1. The molecule has 1 N–H and O–H groups in total. The summed E-state index contributed by atoms with van der Waals surface area (Å²) in [5, 5.41) is 3.66. The van der Waals surface area contributed by atoms with E-state index < -0.39 is 0 Å². The number of aromatic nitrogens is 1. The Morgan fingerprint density at radius 1 is 1.24 bits per heavy atom. The minimum Gasteiger partial charge on any atom is -0.350 e. The second kappa shape index (κ2) is 6.76. The monoisotopic (exact) mass is 300 g/mol. The lowest BCUT2D eigenvalue weighted by molar-refractivity contribution is 0.0939. The second-order valence-corrected chi connectivity index (χ2v) is 6.39. The van der Waals surface area contributed by atoms with Crippen LogP contribution in [-0.2, 0) is 0 Å². The van der Waals surface area contributed by atoms with Crippen LogP contribution in [0.3, 0.4) is 0 Å². The molecule has 21 heavy (non-hydrogen) atoms. The van der Waals surface area contributed by atoms with Crippen LogP contribution in [0, 0.1) is 13.8 Å². The zero-order valence-corrected chi connectivity index (χ0v) is 13.6. The van der Waals surface area contributed by atoms with Crippen molar-refractivity contribution < 1.29 is 4.79 Å². The molecule has 1 aromatic heterocycles. The molecule has 110 valence electrons. The first-order chi connectivity index (χ1) is 9.97. The summed E-state index contributed by atoms with van der Waals surface area (Å²) in [5.74, 6) is -0.0779. The molecular weight excluding hydrogens is 280 g/mol. The van der Waals surface area contributed by atoms with Gasteiger partial charge in [0.25, 0.3) is 5.91 Å². The molecule has 0 radical (unpaired) electrons. The fraction of sp³-hybridized carbons (Fsp3) is 0.294. The molecule has 0 unspecified atom stereocenters. The number of amides is 1. The maximum absolute atomic E-state index is 12.3. The van der Waals surface area contributed by atoms with Crippen molar-refractivity contribution in [3.05, 3.63) is 53.2 Å². The Morgan fingerprint density at radius 3 is 2.71 bits per heavy atom. The van der Waals surface area contributed by atoms with Gasteiger partial charge in [-0.15, -0.1) is 0 Å². The third kappa shape index (κ3) is 4.08. The van der Waals surface area contributed by atoms with Crippen molar-refractivity contribution in [3.8, 4) is 0 Å². The third-order valence-corrected chi connectivity index (χ3v) is 4.16. The molecular formula is C17H20N2OS. The van der Waals surface area contributed by atoms with Crippen molar-refractivity contribution >= 4 is 17.7 Å². The number of nitrogens with one attached hydrogen (secondary N) is 1. The van der Waals surface area contributed by atoms with Crippen molar-refractivity contribution in [2.24, 2.45) is 0 Å². The van der Waals surface area contributed by atoms with Crippen molar-refractivity contribution in [2.75, 3.05) is 0 Å². The standard InChI is InChI=1S/C17H20N2OS/c1-11(2)19-16(20)14-6-5-9-18-17(14)21-15-10-12(3)7-8-13(15)4/h5-11H,1-4H3,(H,19,20). The van der Waals surface area contributed by atoms with Crippen molar-refractivity contribution in [3.63, 3.8) is 0 Å². The molecule has 1 amide bonds. The molecule has 0 aliphatic carbocycles. The lowest BCUT2D eigenvalue weighted by Crippen LogP contribution is -2.30. The Hall–Kier alpha value is -1.81. The number of nitrogens with zero attached hydrogens (tertiary/aromatic N) is 1. The van der Waals surface area contributed by atoms with Crippen molar-refractivity contribution in [1.82, 2.24) is 10.3 Å². The fourth-order valence-corrected chi connectivity index (χ4v) is 2.97. The molecule has 3 nitrogen and oxygen atoms in total. The van der Waals surface area contributed by atoms with Gasteiger partial charge in [-0.3, -0.25) is 4.79 Å². The highest BCUT2D eigenvalue weighted by Gasteiger charge is 2.14. The molecule has 1 aromatic carbocycles. The fourth-order valence-electron chi connectivity index (χ4n) is 1.91. The summed E-state index contributed by atoms with van der Waals surface area (Å²) in [7, 11) is 0. The van der Waals surface area contributed by atoms with Gasteiger partial charge in [-0.2, -0.15) is 0 Å². The van der Waals surface area contributed by atoms with Gasteiger partial charge in [0.1, 0.15) is 5.03 Å². The number of hydrogen-bond acceptors (Lipinski definition) is 3. The quantitative estimate of drug-likeness (QED) is 0.928. The molecule has 2 rings (SSSR count). The average Bonchev–Trinajstić information content (AvgIpc) is 2.42. The first-order valence-electron chi connectivity index (χ1n) is 6.98. The molecule has 0 fully saturated rings. The summed E-state index contributed by atoms with van der Waals surface area (Å²) in [6.07, 6.45) is 1.72. The van der Waals surface area contributed by atoms with Gasteiger partial charge in [-0.05, 0) is 57.0 Å². The first-order valence-corrected chi connectivity index (χ1v) is 7.80. The van der Waals surface area contributed by atoms with E-state index in [1.807, 2.05) is 19.9 Å². The summed E-state index contributed by atoms with van der Waals surface area (Å²) >= 11 is 1.54. The maximum atomic E-state index is 12.3. The lowest BCUT2D eigenvalue weighted by atomic mass is 10.2. The molecule has 1 heterocycles. The zero-order chi connectivity index (χ0) is 15.4. The van der Waals surface area contributed by atoms with Gasteiger partial charge < -0.3 is 5.32 Å². The third-order valence-electron chi connectivity index (χ3n) is 2.99. The number of pyridine rings is 1. The van der Waals surface area contributed by atoms with E-state index in [-0.39, 0.29) is 11.9 Å². The van der Waals surface area contributed by atoms with Crippen molar-refractivity contribution in [1.29, 1.82) is 0 Å². The number of hydrogen-bond donors (Lipinski definition) is 1. The lowest BCUT2D eigenvalue weighted by Gasteiger charge is -2.12. The smallest absolute Gasteiger partial charge is 0.254 e. The number of carbonyl (C=O) groups excluding carboxylic acids is 1. The summed E-state index contributed by atoms with van der Waals surface area (Å²) in [5.41, 5.74) is 3.01. The largest absolute Gasteiger partial charge is 0.350 e. The Morgan fingerprint density at radius 2 is 2.00 bits per heavy atom. The van der Waals surface area contributed by atoms with Gasteiger partial charge in [0, 0.05) is 17.1 Å².